The van der Waals surface area contributed by atoms with Gasteiger partial charge < -0.3 is 20.9 Å². The highest BCUT2D eigenvalue weighted by Crippen LogP contribution is 2.31. The minimum Gasteiger partial charge on any atom is -0.497 e. The molecule has 19 heavy (non-hydrogen) atoms. The molecule has 0 amide bonds. The fourth-order valence-corrected chi connectivity index (χ4v) is 1.70. The summed E-state index contributed by atoms with van der Waals surface area (Å²) in [5.74, 6) is 2.20. The highest BCUT2D eigenvalue weighted by atomic mass is 16.5. The molecule has 0 atom stereocenters. The molecule has 0 fully saturated rings. The van der Waals surface area contributed by atoms with Crippen LogP contribution in [0.2, 0.25) is 0 Å². The van der Waals surface area contributed by atoms with E-state index in [1.165, 1.54) is 0 Å². The van der Waals surface area contributed by atoms with E-state index in [-0.39, 0.29) is 0 Å². The van der Waals surface area contributed by atoms with E-state index in [2.05, 4.69) is 9.97 Å². The third-order valence-corrected chi connectivity index (χ3v) is 2.77. The molecule has 0 spiro atoms. The van der Waals surface area contributed by atoms with Crippen LogP contribution in [0.25, 0.3) is 11.4 Å². The third-order valence-electron chi connectivity index (χ3n) is 2.77. The van der Waals surface area contributed by atoms with Crippen molar-refractivity contribution in [2.45, 2.75) is 6.54 Å². The summed E-state index contributed by atoms with van der Waals surface area (Å²) < 4.78 is 10.5. The number of nitrogen functional groups attached to an aromatic ring is 1. The first-order valence-electron chi connectivity index (χ1n) is 5.73. The summed E-state index contributed by atoms with van der Waals surface area (Å²) in [6.45, 7) is 0.307. The van der Waals surface area contributed by atoms with Crippen molar-refractivity contribution in [2.24, 2.45) is 5.73 Å². The summed E-state index contributed by atoms with van der Waals surface area (Å²) in [5.41, 5.74) is 12.8. The molecule has 1 heterocycles. The van der Waals surface area contributed by atoms with Gasteiger partial charge in [-0.3, -0.25) is 0 Å². The van der Waals surface area contributed by atoms with Gasteiger partial charge in [0.15, 0.2) is 5.82 Å². The molecule has 0 saturated carbocycles. The second-order valence-electron chi connectivity index (χ2n) is 3.87. The van der Waals surface area contributed by atoms with Crippen molar-refractivity contribution in [3.05, 3.63) is 30.0 Å². The molecule has 6 heteroatoms. The van der Waals surface area contributed by atoms with E-state index >= 15 is 0 Å². The minimum absolute atomic E-state index is 0.307. The molecule has 2 rings (SSSR count). The zero-order valence-electron chi connectivity index (χ0n) is 10.9. The van der Waals surface area contributed by atoms with Crippen LogP contribution in [0.5, 0.6) is 11.5 Å². The SMILES string of the molecule is COc1ccc(OC)c(-c2ncc(CN)c(N)n2)c1. The summed E-state index contributed by atoms with van der Waals surface area (Å²) in [7, 11) is 3.18. The van der Waals surface area contributed by atoms with Gasteiger partial charge in [0.05, 0.1) is 19.8 Å². The molecule has 0 bridgehead atoms. The highest BCUT2D eigenvalue weighted by Gasteiger charge is 2.12. The Labute approximate surface area is 111 Å². The molecule has 0 aliphatic heterocycles. The number of aromatic nitrogens is 2. The number of nitrogens with zero attached hydrogens (tertiary/aromatic N) is 2. The Morgan fingerprint density at radius 1 is 1.21 bits per heavy atom. The Morgan fingerprint density at radius 2 is 2.00 bits per heavy atom. The van der Waals surface area contributed by atoms with Crippen molar-refractivity contribution in [1.29, 1.82) is 0 Å². The molecule has 6 nitrogen and oxygen atoms in total. The predicted octanol–water partition coefficient (Wildman–Crippen LogP) is 1.20. The van der Waals surface area contributed by atoms with Gasteiger partial charge in [-0.05, 0) is 18.2 Å². The average molecular weight is 260 g/mol. The van der Waals surface area contributed by atoms with Gasteiger partial charge in [-0.2, -0.15) is 0 Å². The molecule has 4 N–H and O–H groups in total. The Morgan fingerprint density at radius 3 is 2.58 bits per heavy atom. The van der Waals surface area contributed by atoms with E-state index in [0.717, 1.165) is 5.56 Å². The summed E-state index contributed by atoms with van der Waals surface area (Å²) in [5, 5.41) is 0. The van der Waals surface area contributed by atoms with E-state index in [1.54, 1.807) is 38.6 Å². The van der Waals surface area contributed by atoms with Crippen LogP contribution in [0.3, 0.4) is 0 Å². The zero-order valence-corrected chi connectivity index (χ0v) is 10.9. The lowest BCUT2D eigenvalue weighted by Crippen LogP contribution is -2.06. The van der Waals surface area contributed by atoms with E-state index in [1.807, 2.05) is 0 Å². The first-order chi connectivity index (χ1) is 9.19. The lowest BCUT2D eigenvalue weighted by atomic mass is 10.1. The van der Waals surface area contributed by atoms with Crippen LogP contribution in [-0.4, -0.2) is 24.2 Å². The van der Waals surface area contributed by atoms with Crippen LogP contribution in [-0.2, 0) is 6.54 Å². The first kappa shape index (κ1) is 13.1. The third kappa shape index (κ3) is 2.58. The molecule has 0 radical (unpaired) electrons. The fraction of sp³-hybridized carbons (Fsp3) is 0.231. The smallest absolute Gasteiger partial charge is 0.165 e. The van der Waals surface area contributed by atoms with Crippen molar-refractivity contribution >= 4 is 5.82 Å². The molecule has 2 aromatic rings. The molecule has 0 aliphatic carbocycles. The van der Waals surface area contributed by atoms with Crippen LogP contribution in [0.15, 0.2) is 24.4 Å². The second kappa shape index (κ2) is 5.53. The average Bonchev–Trinajstić information content (AvgIpc) is 2.46. The summed E-state index contributed by atoms with van der Waals surface area (Å²) in [6, 6.07) is 5.40. The number of hydrogen-bond acceptors (Lipinski definition) is 6. The molecule has 0 unspecified atom stereocenters. The predicted molar refractivity (Wildman–Crippen MR) is 72.9 cm³/mol. The molecule has 1 aromatic heterocycles. The Bertz CT molecular complexity index is 587. The van der Waals surface area contributed by atoms with Crippen LogP contribution in [0.1, 0.15) is 5.56 Å². The lowest BCUT2D eigenvalue weighted by molar-refractivity contribution is 0.404. The zero-order chi connectivity index (χ0) is 13.8. The van der Waals surface area contributed by atoms with Gasteiger partial charge in [-0.25, -0.2) is 9.97 Å². The fourth-order valence-electron chi connectivity index (χ4n) is 1.70. The second-order valence-corrected chi connectivity index (χ2v) is 3.87. The monoisotopic (exact) mass is 260 g/mol. The largest absolute Gasteiger partial charge is 0.497 e. The van der Waals surface area contributed by atoms with Crippen molar-refractivity contribution < 1.29 is 9.47 Å². The van der Waals surface area contributed by atoms with E-state index < -0.39 is 0 Å². The van der Waals surface area contributed by atoms with Gasteiger partial charge in [-0.1, -0.05) is 0 Å². The van der Waals surface area contributed by atoms with Gasteiger partial charge in [0.25, 0.3) is 0 Å². The van der Waals surface area contributed by atoms with Crippen LogP contribution in [0, 0.1) is 0 Å². The quantitative estimate of drug-likeness (QED) is 0.857. The van der Waals surface area contributed by atoms with Gasteiger partial charge in [0, 0.05) is 18.3 Å². The van der Waals surface area contributed by atoms with Crippen LogP contribution >= 0.6 is 0 Å². The van der Waals surface area contributed by atoms with Crippen molar-refractivity contribution in [2.75, 3.05) is 20.0 Å². The summed E-state index contributed by atoms with van der Waals surface area (Å²) in [4.78, 5) is 8.51. The molecule has 0 aliphatic rings. The Hall–Kier alpha value is -2.34. The van der Waals surface area contributed by atoms with Crippen LogP contribution in [0.4, 0.5) is 5.82 Å². The maximum atomic E-state index is 5.83. The minimum atomic E-state index is 0.307. The number of methoxy groups -OCH3 is 2. The molecule has 100 valence electrons. The Kier molecular flexibility index (Phi) is 3.82. The van der Waals surface area contributed by atoms with Crippen molar-refractivity contribution in [3.63, 3.8) is 0 Å². The standard InChI is InChI=1S/C13H16N4O2/c1-18-9-3-4-11(19-2)10(5-9)13-16-7-8(6-14)12(15)17-13/h3-5,7H,6,14H2,1-2H3,(H2,15,16,17). The van der Waals surface area contributed by atoms with E-state index in [0.29, 0.717) is 35.2 Å². The number of benzene rings is 1. The normalized spacial score (nSPS) is 10.3. The lowest BCUT2D eigenvalue weighted by Gasteiger charge is -2.10. The molecule has 0 saturated heterocycles. The Balaban J connectivity index is 2.53. The number of hydrogen-bond donors (Lipinski definition) is 2. The number of anilines is 1. The number of rotatable bonds is 4. The van der Waals surface area contributed by atoms with E-state index in [4.69, 9.17) is 20.9 Å². The number of nitrogens with two attached hydrogens (primary N) is 2. The highest BCUT2D eigenvalue weighted by molar-refractivity contribution is 5.67. The van der Waals surface area contributed by atoms with Gasteiger partial charge >= 0.3 is 0 Å². The van der Waals surface area contributed by atoms with Crippen molar-refractivity contribution in [1.82, 2.24) is 9.97 Å². The summed E-state index contributed by atoms with van der Waals surface area (Å²) >= 11 is 0. The van der Waals surface area contributed by atoms with Gasteiger partial charge in [0.2, 0.25) is 0 Å². The van der Waals surface area contributed by atoms with Gasteiger partial charge in [0.1, 0.15) is 17.3 Å². The topological polar surface area (TPSA) is 96.3 Å². The molecule has 1 aromatic carbocycles. The maximum absolute atomic E-state index is 5.83. The first-order valence-corrected chi connectivity index (χ1v) is 5.73. The maximum Gasteiger partial charge on any atom is 0.165 e. The summed E-state index contributed by atoms with van der Waals surface area (Å²) in [6.07, 6.45) is 1.62. The van der Waals surface area contributed by atoms with Crippen molar-refractivity contribution in [3.8, 4) is 22.9 Å². The number of ether oxygens (including phenoxy) is 2. The molecular formula is C13H16N4O2. The molecular weight excluding hydrogens is 244 g/mol. The van der Waals surface area contributed by atoms with Gasteiger partial charge in [-0.15, -0.1) is 0 Å². The van der Waals surface area contributed by atoms with E-state index in [9.17, 15) is 0 Å². The van der Waals surface area contributed by atoms with Crippen LogP contribution < -0.4 is 20.9 Å².